The van der Waals surface area contributed by atoms with Gasteiger partial charge in [-0.2, -0.15) is 0 Å². The van der Waals surface area contributed by atoms with E-state index in [2.05, 4.69) is 19.2 Å². The summed E-state index contributed by atoms with van der Waals surface area (Å²) >= 11 is 0. The number of unbranched alkanes of at least 4 members (excludes halogenated alkanes) is 2. The summed E-state index contributed by atoms with van der Waals surface area (Å²) in [4.78, 5) is 27.3. The molecule has 0 unspecified atom stereocenters. The third kappa shape index (κ3) is 6.72. The lowest BCUT2D eigenvalue weighted by Crippen LogP contribution is -2.39. The van der Waals surface area contributed by atoms with Gasteiger partial charge in [-0.25, -0.2) is 4.79 Å². The summed E-state index contributed by atoms with van der Waals surface area (Å²) in [6, 6.07) is 4.22. The van der Waals surface area contributed by atoms with Gasteiger partial charge in [0.2, 0.25) is 5.91 Å². The highest BCUT2D eigenvalue weighted by molar-refractivity contribution is 5.97. The molecular formula is C26H42N2O3. The Bertz CT molecular complexity index is 759. The fourth-order valence-electron chi connectivity index (χ4n) is 4.68. The number of amides is 1. The molecule has 0 saturated heterocycles. The Morgan fingerprint density at radius 1 is 1.13 bits per heavy atom. The van der Waals surface area contributed by atoms with Crippen LogP contribution in [0.5, 0.6) is 0 Å². The van der Waals surface area contributed by atoms with Crippen molar-refractivity contribution < 1.29 is 14.3 Å². The average Bonchev–Trinajstić information content (AvgIpc) is 2.71. The van der Waals surface area contributed by atoms with Gasteiger partial charge in [-0.3, -0.25) is 4.79 Å². The average molecular weight is 431 g/mol. The fraction of sp³-hybridized carbons (Fsp3) is 0.692. The van der Waals surface area contributed by atoms with Crippen LogP contribution in [0, 0.1) is 6.92 Å². The van der Waals surface area contributed by atoms with Gasteiger partial charge in [0, 0.05) is 26.6 Å². The van der Waals surface area contributed by atoms with Gasteiger partial charge in [-0.05, 0) is 82.9 Å². The monoisotopic (exact) mass is 430 g/mol. The van der Waals surface area contributed by atoms with Crippen LogP contribution in [0.15, 0.2) is 12.1 Å². The number of esters is 1. The van der Waals surface area contributed by atoms with E-state index in [1.54, 1.807) is 0 Å². The number of carbonyl (C=O) groups is 2. The molecule has 1 saturated carbocycles. The summed E-state index contributed by atoms with van der Waals surface area (Å²) in [6.45, 7) is 9.94. The minimum absolute atomic E-state index is 0.274. The van der Waals surface area contributed by atoms with Gasteiger partial charge in [0.15, 0.2) is 0 Å². The summed E-state index contributed by atoms with van der Waals surface area (Å²) in [5.41, 5.74) is 3.38. The van der Waals surface area contributed by atoms with Crippen molar-refractivity contribution in [2.45, 2.75) is 104 Å². The first-order valence-corrected chi connectivity index (χ1v) is 11.9. The molecule has 0 atom stereocenters. The third-order valence-electron chi connectivity index (χ3n) is 6.37. The molecule has 1 aliphatic rings. The van der Waals surface area contributed by atoms with E-state index in [1.165, 1.54) is 11.1 Å². The highest BCUT2D eigenvalue weighted by Crippen LogP contribution is 2.41. The van der Waals surface area contributed by atoms with Gasteiger partial charge >= 0.3 is 5.97 Å². The maximum Gasteiger partial charge on any atom is 0.340 e. The van der Waals surface area contributed by atoms with Crippen molar-refractivity contribution in [1.82, 2.24) is 4.90 Å². The predicted octanol–water partition coefficient (Wildman–Crippen LogP) is 6.06. The van der Waals surface area contributed by atoms with Crippen LogP contribution in [0.1, 0.15) is 106 Å². The molecule has 1 aromatic carbocycles. The molecule has 1 amide bonds. The van der Waals surface area contributed by atoms with Crippen LogP contribution in [0.2, 0.25) is 0 Å². The smallest absolute Gasteiger partial charge is 0.340 e. The van der Waals surface area contributed by atoms with Crippen LogP contribution < -0.4 is 5.32 Å². The number of hydrogen-bond acceptors (Lipinski definition) is 4. The van der Waals surface area contributed by atoms with E-state index >= 15 is 0 Å². The number of aryl methyl sites for hydroxylation is 1. The van der Waals surface area contributed by atoms with Crippen molar-refractivity contribution in [2.75, 3.05) is 19.4 Å². The maximum absolute atomic E-state index is 12.8. The third-order valence-corrected chi connectivity index (χ3v) is 6.37. The summed E-state index contributed by atoms with van der Waals surface area (Å²) in [5, 5.41) is 3.28. The molecule has 1 N–H and O–H groups in total. The van der Waals surface area contributed by atoms with Crippen LogP contribution in [0.25, 0.3) is 0 Å². The first-order valence-electron chi connectivity index (χ1n) is 11.9. The van der Waals surface area contributed by atoms with Crippen molar-refractivity contribution >= 4 is 17.6 Å². The Labute approximate surface area is 188 Å². The minimum atomic E-state index is -0.528. The number of anilines is 1. The normalized spacial score (nSPS) is 19.1. The number of benzene rings is 1. The lowest BCUT2D eigenvalue weighted by molar-refractivity contribution is -0.132. The standard InChI is InChI=1S/C26H42N2O3/c1-8-9-10-11-22(29)28(7)20-15-13-19(14-16-20)23-18(2)12-17-21(24(23)27-6)25(30)31-26(3,4)5/h12,17,19-20,27H,8-11,13-16H2,1-7H3/t19-,20-. The Hall–Kier alpha value is -2.04. The van der Waals surface area contributed by atoms with Gasteiger partial charge in [0.05, 0.1) is 11.3 Å². The molecule has 0 radical (unpaired) electrons. The van der Waals surface area contributed by atoms with Crippen LogP contribution in [0.3, 0.4) is 0 Å². The second-order valence-corrected chi connectivity index (χ2v) is 9.94. The molecule has 0 spiro atoms. The van der Waals surface area contributed by atoms with Crippen LogP contribution in [-0.4, -0.2) is 42.5 Å². The Morgan fingerprint density at radius 2 is 1.77 bits per heavy atom. The second kappa shape index (κ2) is 11.0. The molecule has 5 heteroatoms. The molecule has 0 bridgehead atoms. The molecule has 0 heterocycles. The van der Waals surface area contributed by atoms with Crippen molar-refractivity contribution in [1.29, 1.82) is 0 Å². The SMILES string of the molecule is CCCCCC(=O)N(C)[C@H]1CC[C@H](c2c(C)ccc(C(=O)OC(C)(C)C)c2NC)CC1. The number of ether oxygens (including phenoxy) is 1. The van der Waals surface area contributed by atoms with E-state index in [0.29, 0.717) is 23.9 Å². The van der Waals surface area contributed by atoms with Gasteiger partial charge in [0.1, 0.15) is 5.60 Å². The van der Waals surface area contributed by atoms with E-state index in [1.807, 2.05) is 51.9 Å². The quantitative estimate of drug-likeness (QED) is 0.402. The lowest BCUT2D eigenvalue weighted by Gasteiger charge is -2.36. The number of hydrogen-bond donors (Lipinski definition) is 1. The Kier molecular flexibility index (Phi) is 8.96. The molecule has 1 fully saturated rings. The van der Waals surface area contributed by atoms with Crippen LogP contribution in [-0.2, 0) is 9.53 Å². The molecule has 31 heavy (non-hydrogen) atoms. The number of nitrogens with one attached hydrogen (secondary N) is 1. The van der Waals surface area contributed by atoms with Crippen molar-refractivity contribution in [3.63, 3.8) is 0 Å². The second-order valence-electron chi connectivity index (χ2n) is 9.94. The fourth-order valence-corrected chi connectivity index (χ4v) is 4.68. The van der Waals surface area contributed by atoms with E-state index in [-0.39, 0.29) is 11.9 Å². The molecule has 0 aromatic heterocycles. The van der Waals surface area contributed by atoms with E-state index in [4.69, 9.17) is 4.74 Å². The summed E-state index contributed by atoms with van der Waals surface area (Å²) < 4.78 is 5.64. The van der Waals surface area contributed by atoms with E-state index in [9.17, 15) is 9.59 Å². The van der Waals surface area contributed by atoms with Gasteiger partial charge < -0.3 is 15.0 Å². The Morgan fingerprint density at radius 3 is 2.32 bits per heavy atom. The Balaban J connectivity index is 2.13. The highest BCUT2D eigenvalue weighted by atomic mass is 16.6. The zero-order chi connectivity index (χ0) is 23.2. The van der Waals surface area contributed by atoms with E-state index < -0.39 is 5.60 Å². The topological polar surface area (TPSA) is 58.6 Å². The largest absolute Gasteiger partial charge is 0.456 e. The molecule has 1 aliphatic carbocycles. The molecule has 2 rings (SSSR count). The molecule has 5 nitrogen and oxygen atoms in total. The van der Waals surface area contributed by atoms with Gasteiger partial charge in [0.25, 0.3) is 0 Å². The molecule has 174 valence electrons. The summed E-state index contributed by atoms with van der Waals surface area (Å²) in [6.07, 6.45) is 7.93. The minimum Gasteiger partial charge on any atom is -0.456 e. The zero-order valence-electron chi connectivity index (χ0n) is 20.6. The van der Waals surface area contributed by atoms with E-state index in [0.717, 1.165) is 50.6 Å². The van der Waals surface area contributed by atoms with Crippen LogP contribution in [0.4, 0.5) is 5.69 Å². The lowest BCUT2D eigenvalue weighted by atomic mass is 9.78. The first kappa shape index (κ1) is 25.2. The number of carbonyl (C=O) groups excluding carboxylic acids is 2. The molecule has 0 aliphatic heterocycles. The zero-order valence-corrected chi connectivity index (χ0v) is 20.6. The van der Waals surface area contributed by atoms with Crippen molar-refractivity contribution in [3.05, 3.63) is 28.8 Å². The summed E-state index contributed by atoms with van der Waals surface area (Å²) in [5.74, 6) is 0.366. The number of nitrogens with zero attached hydrogens (tertiary/aromatic N) is 1. The van der Waals surface area contributed by atoms with Gasteiger partial charge in [-0.1, -0.05) is 25.8 Å². The summed E-state index contributed by atoms with van der Waals surface area (Å²) in [7, 11) is 3.84. The van der Waals surface area contributed by atoms with Crippen LogP contribution >= 0.6 is 0 Å². The number of rotatable bonds is 8. The van der Waals surface area contributed by atoms with Crippen molar-refractivity contribution in [2.24, 2.45) is 0 Å². The maximum atomic E-state index is 12.8. The predicted molar refractivity (Wildman–Crippen MR) is 128 cm³/mol. The van der Waals surface area contributed by atoms with Crippen molar-refractivity contribution in [3.8, 4) is 0 Å². The van der Waals surface area contributed by atoms with Gasteiger partial charge in [-0.15, -0.1) is 0 Å². The molecule has 1 aromatic rings. The highest BCUT2D eigenvalue weighted by Gasteiger charge is 2.31. The molecular weight excluding hydrogens is 388 g/mol. The first-order chi connectivity index (χ1) is 14.6.